The Morgan fingerprint density at radius 1 is 1.14 bits per heavy atom. The monoisotopic (exact) mass is 403 g/mol. The van der Waals surface area contributed by atoms with E-state index in [1.54, 1.807) is 0 Å². The molecule has 1 aliphatic carbocycles. The maximum Gasteiger partial charge on any atom is 0.230 e. The number of benzene rings is 1. The first kappa shape index (κ1) is 21.4. The van der Waals surface area contributed by atoms with Gasteiger partial charge in [-0.1, -0.05) is 26.2 Å². The third-order valence-electron chi connectivity index (χ3n) is 6.55. The summed E-state index contributed by atoms with van der Waals surface area (Å²) >= 11 is 5.71. The van der Waals surface area contributed by atoms with E-state index in [2.05, 4.69) is 13.8 Å². The fourth-order valence-electron chi connectivity index (χ4n) is 4.90. The molecule has 2 aliphatic rings. The molecular formula is C24H34ClNO2. The Balaban J connectivity index is 1.66. The van der Waals surface area contributed by atoms with Crippen LogP contribution in [-0.2, 0) is 11.2 Å². The first-order valence-electron chi connectivity index (χ1n) is 11.1. The minimum atomic E-state index is 0.145. The third-order valence-corrected chi connectivity index (χ3v) is 6.82. The molecule has 1 amide bonds. The van der Waals surface area contributed by atoms with Crippen LogP contribution < -0.4 is 4.90 Å². The molecule has 1 atom stereocenters. The molecule has 1 aliphatic heterocycles. The third kappa shape index (κ3) is 4.79. The Bertz CT molecular complexity index is 694. The molecule has 3 rings (SSSR count). The predicted octanol–water partition coefficient (Wildman–Crippen LogP) is 6.16. The summed E-state index contributed by atoms with van der Waals surface area (Å²) < 4.78 is 0. The number of halogens is 1. The van der Waals surface area contributed by atoms with E-state index in [0.29, 0.717) is 24.6 Å². The number of amides is 1. The molecule has 1 saturated carbocycles. The van der Waals surface area contributed by atoms with Gasteiger partial charge in [-0.3, -0.25) is 9.59 Å². The summed E-state index contributed by atoms with van der Waals surface area (Å²) in [6.07, 6.45) is 10.4. The summed E-state index contributed by atoms with van der Waals surface area (Å²) in [6.45, 7) is 4.37. The van der Waals surface area contributed by atoms with Crippen LogP contribution in [0, 0.1) is 11.8 Å². The van der Waals surface area contributed by atoms with Gasteiger partial charge in [-0.15, -0.1) is 11.6 Å². The molecule has 154 valence electrons. The lowest BCUT2D eigenvalue weighted by Gasteiger charge is -2.32. The number of unbranched alkanes of at least 4 members (excludes halogenated alkanes) is 1. The number of nitrogens with zero attached hydrogens (tertiary/aromatic N) is 1. The van der Waals surface area contributed by atoms with Crippen LogP contribution in [0.25, 0.3) is 0 Å². The van der Waals surface area contributed by atoms with Crippen LogP contribution in [0.5, 0.6) is 0 Å². The van der Waals surface area contributed by atoms with Gasteiger partial charge in [-0.05, 0) is 75.1 Å². The zero-order chi connectivity index (χ0) is 20.1. The lowest BCUT2D eigenvalue weighted by Crippen LogP contribution is -2.41. The highest BCUT2D eigenvalue weighted by Crippen LogP contribution is 2.38. The summed E-state index contributed by atoms with van der Waals surface area (Å²) in [5.41, 5.74) is 2.90. The molecule has 3 nitrogen and oxygen atoms in total. The summed E-state index contributed by atoms with van der Waals surface area (Å²) in [7, 11) is 0. The fourth-order valence-corrected chi connectivity index (χ4v) is 5.03. The van der Waals surface area contributed by atoms with Crippen molar-refractivity contribution in [2.24, 2.45) is 11.8 Å². The van der Waals surface area contributed by atoms with Crippen LogP contribution in [0.4, 0.5) is 5.69 Å². The molecule has 0 aromatic heterocycles. The highest BCUT2D eigenvalue weighted by Gasteiger charge is 2.36. The van der Waals surface area contributed by atoms with Gasteiger partial charge in [0.15, 0.2) is 5.78 Å². The molecular weight excluding hydrogens is 370 g/mol. The molecule has 4 heteroatoms. The highest BCUT2D eigenvalue weighted by molar-refractivity contribution is 6.18. The largest absolute Gasteiger partial charge is 0.309 e. The van der Waals surface area contributed by atoms with Crippen LogP contribution in [-0.4, -0.2) is 23.6 Å². The van der Waals surface area contributed by atoms with E-state index in [-0.39, 0.29) is 17.7 Å². The van der Waals surface area contributed by atoms with Crippen LogP contribution in [0.2, 0.25) is 0 Å². The van der Waals surface area contributed by atoms with Crippen molar-refractivity contribution in [3.8, 4) is 0 Å². The average molecular weight is 404 g/mol. The van der Waals surface area contributed by atoms with Gasteiger partial charge in [0.1, 0.15) is 0 Å². The number of hydrogen-bond acceptors (Lipinski definition) is 2. The normalized spacial score (nSPS) is 24.2. The fraction of sp³-hybridized carbons (Fsp3) is 0.667. The number of hydrogen-bond donors (Lipinski definition) is 0. The van der Waals surface area contributed by atoms with E-state index in [1.165, 1.54) is 32.1 Å². The number of carbonyl (C=O) groups excluding carboxylic acids is 2. The van der Waals surface area contributed by atoms with Crippen molar-refractivity contribution in [1.29, 1.82) is 0 Å². The number of rotatable bonds is 8. The van der Waals surface area contributed by atoms with E-state index in [4.69, 9.17) is 11.6 Å². The molecule has 1 fully saturated rings. The van der Waals surface area contributed by atoms with E-state index in [9.17, 15) is 9.59 Å². The van der Waals surface area contributed by atoms with Crippen molar-refractivity contribution in [2.75, 3.05) is 10.8 Å². The van der Waals surface area contributed by atoms with Crippen LogP contribution in [0.3, 0.4) is 0 Å². The Kier molecular flexibility index (Phi) is 7.56. The topological polar surface area (TPSA) is 37.4 Å². The first-order valence-corrected chi connectivity index (χ1v) is 11.6. The standard InChI is InChI=1S/C24H34ClNO2/c1-3-4-6-18-8-10-19(11-9-18)24(28)26-17(2)15-21-16-20(12-13-22(21)26)23(27)7-5-14-25/h12-13,16-19H,3-11,14-15H2,1-2H3. The average Bonchev–Trinajstić information content (AvgIpc) is 3.05. The van der Waals surface area contributed by atoms with Crippen molar-refractivity contribution in [3.63, 3.8) is 0 Å². The lowest BCUT2D eigenvalue weighted by molar-refractivity contribution is -0.123. The molecule has 28 heavy (non-hydrogen) atoms. The number of anilines is 1. The van der Waals surface area contributed by atoms with Crippen LogP contribution >= 0.6 is 11.6 Å². The van der Waals surface area contributed by atoms with Gasteiger partial charge >= 0.3 is 0 Å². The molecule has 1 unspecified atom stereocenters. The van der Waals surface area contributed by atoms with Crippen molar-refractivity contribution >= 4 is 29.0 Å². The second-order valence-corrected chi connectivity index (χ2v) is 9.06. The number of fused-ring (bicyclic) bond motifs is 1. The quantitative estimate of drug-likeness (QED) is 0.385. The Labute approximate surface area is 174 Å². The van der Waals surface area contributed by atoms with E-state index in [1.807, 2.05) is 23.1 Å². The Morgan fingerprint density at radius 3 is 2.57 bits per heavy atom. The second-order valence-electron chi connectivity index (χ2n) is 8.68. The van der Waals surface area contributed by atoms with E-state index < -0.39 is 0 Å². The van der Waals surface area contributed by atoms with Crippen molar-refractivity contribution < 1.29 is 9.59 Å². The van der Waals surface area contributed by atoms with Gasteiger partial charge in [-0.25, -0.2) is 0 Å². The summed E-state index contributed by atoms with van der Waals surface area (Å²) in [5, 5.41) is 0. The summed E-state index contributed by atoms with van der Waals surface area (Å²) in [6, 6.07) is 6.04. The van der Waals surface area contributed by atoms with Crippen molar-refractivity contribution in [1.82, 2.24) is 0 Å². The maximum absolute atomic E-state index is 13.3. The summed E-state index contributed by atoms with van der Waals surface area (Å²) in [5.74, 6) is 1.93. The summed E-state index contributed by atoms with van der Waals surface area (Å²) in [4.78, 5) is 27.6. The molecule has 0 N–H and O–H groups in total. The highest BCUT2D eigenvalue weighted by atomic mass is 35.5. The molecule has 1 aromatic carbocycles. The van der Waals surface area contributed by atoms with Gasteiger partial charge in [0.2, 0.25) is 5.91 Å². The van der Waals surface area contributed by atoms with Gasteiger partial charge in [0.25, 0.3) is 0 Å². The number of alkyl halides is 1. The smallest absolute Gasteiger partial charge is 0.230 e. The van der Waals surface area contributed by atoms with Gasteiger partial charge in [0, 0.05) is 35.5 Å². The van der Waals surface area contributed by atoms with E-state index >= 15 is 0 Å². The second kappa shape index (κ2) is 9.91. The predicted molar refractivity (Wildman–Crippen MR) is 116 cm³/mol. The van der Waals surface area contributed by atoms with Crippen LogP contribution in [0.1, 0.15) is 87.6 Å². The Hall–Kier alpha value is -1.35. The zero-order valence-corrected chi connectivity index (χ0v) is 18.1. The number of Topliss-reactive ketones (excluding diaryl/α,β-unsaturated/α-hetero) is 1. The minimum Gasteiger partial charge on any atom is -0.309 e. The maximum atomic E-state index is 13.3. The first-order chi connectivity index (χ1) is 13.5. The molecule has 1 aromatic rings. The van der Waals surface area contributed by atoms with Crippen molar-refractivity contribution in [3.05, 3.63) is 29.3 Å². The Morgan fingerprint density at radius 2 is 1.89 bits per heavy atom. The minimum absolute atomic E-state index is 0.145. The molecule has 0 saturated heterocycles. The molecule has 0 spiro atoms. The zero-order valence-electron chi connectivity index (χ0n) is 17.4. The number of carbonyl (C=O) groups is 2. The van der Waals surface area contributed by atoms with E-state index in [0.717, 1.165) is 42.0 Å². The van der Waals surface area contributed by atoms with Gasteiger partial charge in [-0.2, -0.15) is 0 Å². The molecule has 0 radical (unpaired) electrons. The van der Waals surface area contributed by atoms with Crippen molar-refractivity contribution in [2.45, 2.75) is 84.1 Å². The molecule has 1 heterocycles. The number of ketones is 1. The SMILES string of the molecule is CCCCC1CCC(C(=O)N2c3ccc(C(=O)CCCCl)cc3CC2C)CC1. The molecule has 0 bridgehead atoms. The lowest BCUT2D eigenvalue weighted by atomic mass is 9.79. The van der Waals surface area contributed by atoms with Gasteiger partial charge in [0.05, 0.1) is 0 Å². The van der Waals surface area contributed by atoms with Gasteiger partial charge < -0.3 is 4.90 Å². The van der Waals surface area contributed by atoms with Crippen LogP contribution in [0.15, 0.2) is 18.2 Å².